The summed E-state index contributed by atoms with van der Waals surface area (Å²) < 4.78 is 0. The van der Waals surface area contributed by atoms with Crippen LogP contribution in [0.2, 0.25) is 0 Å². The monoisotopic (exact) mass is 147 g/mol. The second kappa shape index (κ2) is 2.67. The van der Waals surface area contributed by atoms with Crippen LogP contribution in [0.15, 0.2) is 24.3 Å². The molecule has 0 aliphatic heterocycles. The number of benzene rings is 1. The zero-order chi connectivity index (χ0) is 7.68. The summed E-state index contributed by atoms with van der Waals surface area (Å²) >= 11 is 0. The smallest absolute Gasteiger partial charge is 0.107 e. The Morgan fingerprint density at radius 3 is 2.82 bits per heavy atom. The molecule has 0 saturated heterocycles. The van der Waals surface area contributed by atoms with Gasteiger partial charge in [-0.2, -0.15) is 0 Å². The van der Waals surface area contributed by atoms with Gasteiger partial charge in [0.15, 0.2) is 0 Å². The molecule has 1 aliphatic rings. The van der Waals surface area contributed by atoms with Gasteiger partial charge < -0.3 is 0 Å². The van der Waals surface area contributed by atoms with Gasteiger partial charge in [-0.3, -0.25) is 0 Å². The van der Waals surface area contributed by atoms with Crippen LogP contribution in [0.3, 0.4) is 0 Å². The van der Waals surface area contributed by atoms with Crippen LogP contribution in [0.1, 0.15) is 29.9 Å². The molecule has 1 radical (unpaired) electrons. The Balaban J connectivity index is 2.26. The maximum atomic E-state index is 10.5. The normalized spacial score (nSPS) is 16.8. The highest BCUT2D eigenvalue weighted by Gasteiger charge is 2.23. The Kier molecular flexibility index (Phi) is 1.66. The van der Waals surface area contributed by atoms with Crippen molar-refractivity contribution in [2.45, 2.75) is 25.4 Å². The minimum absolute atomic E-state index is 0.0828. The maximum absolute atomic E-state index is 10.5. The van der Waals surface area contributed by atoms with Crippen molar-refractivity contribution >= 4 is 0 Å². The summed E-state index contributed by atoms with van der Waals surface area (Å²) in [5.41, 5.74) is 2.28. The summed E-state index contributed by atoms with van der Waals surface area (Å²) in [7, 11) is 0. The molecule has 1 aromatic rings. The van der Waals surface area contributed by atoms with E-state index in [1.165, 1.54) is 18.4 Å². The molecule has 0 spiro atoms. The average molecular weight is 147 g/mol. The van der Waals surface area contributed by atoms with Crippen molar-refractivity contribution in [2.75, 3.05) is 0 Å². The van der Waals surface area contributed by atoms with E-state index in [0.29, 0.717) is 0 Å². The molecule has 11 heavy (non-hydrogen) atoms. The summed E-state index contributed by atoms with van der Waals surface area (Å²) in [6, 6.07) is 8.06. The molecule has 2 rings (SSSR count). The number of hydrogen-bond donors (Lipinski definition) is 0. The summed E-state index contributed by atoms with van der Waals surface area (Å²) in [6.07, 6.45) is 2.62. The van der Waals surface area contributed by atoms with Crippen LogP contribution in [-0.4, -0.2) is 0 Å². The highest BCUT2D eigenvalue weighted by atomic mass is 16.3. The van der Waals surface area contributed by atoms with Crippen molar-refractivity contribution in [3.8, 4) is 0 Å². The van der Waals surface area contributed by atoms with Gasteiger partial charge in [0, 0.05) is 0 Å². The van der Waals surface area contributed by atoms with E-state index < -0.39 is 0 Å². The van der Waals surface area contributed by atoms with E-state index in [4.69, 9.17) is 0 Å². The first kappa shape index (κ1) is 6.86. The van der Waals surface area contributed by atoms with E-state index in [0.717, 1.165) is 11.5 Å². The van der Waals surface area contributed by atoms with Gasteiger partial charge in [-0.25, -0.2) is 5.11 Å². The van der Waals surface area contributed by atoms with Crippen molar-refractivity contribution < 1.29 is 5.11 Å². The Morgan fingerprint density at radius 2 is 2.18 bits per heavy atom. The topological polar surface area (TPSA) is 19.9 Å². The van der Waals surface area contributed by atoms with Crippen LogP contribution in [0, 0.1) is 0 Å². The molecule has 1 fully saturated rings. The van der Waals surface area contributed by atoms with Crippen molar-refractivity contribution in [3.63, 3.8) is 0 Å². The summed E-state index contributed by atoms with van der Waals surface area (Å²) in [6.45, 7) is -0.0828. The van der Waals surface area contributed by atoms with Gasteiger partial charge in [-0.1, -0.05) is 24.3 Å². The Bertz CT molecular complexity index is 251. The van der Waals surface area contributed by atoms with Crippen LogP contribution in [0.25, 0.3) is 0 Å². The molecule has 0 N–H and O–H groups in total. The predicted molar refractivity (Wildman–Crippen MR) is 42.8 cm³/mol. The van der Waals surface area contributed by atoms with Crippen molar-refractivity contribution in [1.82, 2.24) is 0 Å². The first-order valence-corrected chi connectivity index (χ1v) is 4.07. The van der Waals surface area contributed by atoms with Crippen LogP contribution in [0.4, 0.5) is 0 Å². The van der Waals surface area contributed by atoms with Crippen LogP contribution in [0.5, 0.6) is 0 Å². The lowest BCUT2D eigenvalue weighted by atomic mass is 10.1. The third-order valence-corrected chi connectivity index (χ3v) is 2.17. The van der Waals surface area contributed by atoms with E-state index in [1.807, 2.05) is 18.2 Å². The fourth-order valence-corrected chi connectivity index (χ4v) is 1.35. The largest absolute Gasteiger partial charge is 0.232 e. The fraction of sp³-hybridized carbons (Fsp3) is 0.400. The molecule has 0 amide bonds. The van der Waals surface area contributed by atoms with Gasteiger partial charge in [0.2, 0.25) is 0 Å². The predicted octanol–water partition coefficient (Wildman–Crippen LogP) is 2.49. The number of rotatable bonds is 2. The molecule has 0 unspecified atom stereocenters. The SMILES string of the molecule is [O]Cc1cccc(C2CC2)c1. The van der Waals surface area contributed by atoms with E-state index in [9.17, 15) is 5.11 Å². The zero-order valence-corrected chi connectivity index (χ0v) is 6.42. The van der Waals surface area contributed by atoms with Crippen molar-refractivity contribution in [2.24, 2.45) is 0 Å². The quantitative estimate of drug-likeness (QED) is 0.612. The average Bonchev–Trinajstić information content (AvgIpc) is 2.87. The van der Waals surface area contributed by atoms with Crippen molar-refractivity contribution in [1.29, 1.82) is 0 Å². The maximum Gasteiger partial charge on any atom is 0.107 e. The lowest BCUT2D eigenvalue weighted by Gasteiger charge is -1.98. The van der Waals surface area contributed by atoms with E-state index in [-0.39, 0.29) is 6.61 Å². The molecule has 1 aromatic carbocycles. The standard InChI is InChI=1S/C10H11O/c11-7-8-2-1-3-10(6-8)9-4-5-9/h1-3,6,9H,4-5,7H2. The molecule has 1 nitrogen and oxygen atoms in total. The summed E-state index contributed by atoms with van der Waals surface area (Å²) in [5.74, 6) is 0.765. The van der Waals surface area contributed by atoms with Gasteiger partial charge in [0.05, 0.1) is 0 Å². The molecule has 1 saturated carbocycles. The molecule has 1 heteroatoms. The molecule has 0 heterocycles. The van der Waals surface area contributed by atoms with Gasteiger partial charge >= 0.3 is 0 Å². The zero-order valence-electron chi connectivity index (χ0n) is 6.42. The van der Waals surface area contributed by atoms with Crippen LogP contribution < -0.4 is 0 Å². The third-order valence-electron chi connectivity index (χ3n) is 2.17. The Morgan fingerprint density at radius 1 is 1.36 bits per heavy atom. The molecular formula is C10H11O. The van der Waals surface area contributed by atoms with Gasteiger partial charge in [0.1, 0.15) is 6.61 Å². The molecule has 1 aliphatic carbocycles. The van der Waals surface area contributed by atoms with Crippen molar-refractivity contribution in [3.05, 3.63) is 35.4 Å². The molecule has 0 atom stereocenters. The second-order valence-corrected chi connectivity index (χ2v) is 3.16. The number of hydrogen-bond acceptors (Lipinski definition) is 0. The second-order valence-electron chi connectivity index (χ2n) is 3.16. The highest BCUT2D eigenvalue weighted by Crippen LogP contribution is 2.40. The fourth-order valence-electron chi connectivity index (χ4n) is 1.35. The van der Waals surface area contributed by atoms with E-state index in [2.05, 4.69) is 6.07 Å². The van der Waals surface area contributed by atoms with Crippen LogP contribution >= 0.6 is 0 Å². The molecule has 0 aromatic heterocycles. The third kappa shape index (κ3) is 1.43. The lowest BCUT2D eigenvalue weighted by molar-refractivity contribution is 0.177. The van der Waals surface area contributed by atoms with Gasteiger partial charge in [-0.05, 0) is 29.9 Å². The first-order chi connectivity index (χ1) is 5.40. The Hall–Kier alpha value is -0.820. The molecule has 0 bridgehead atoms. The van der Waals surface area contributed by atoms with E-state index in [1.54, 1.807) is 0 Å². The minimum atomic E-state index is -0.0828. The molecule has 57 valence electrons. The Labute approximate surface area is 66.7 Å². The first-order valence-electron chi connectivity index (χ1n) is 4.07. The van der Waals surface area contributed by atoms with Gasteiger partial charge in [0.25, 0.3) is 0 Å². The van der Waals surface area contributed by atoms with E-state index >= 15 is 0 Å². The highest BCUT2D eigenvalue weighted by molar-refractivity contribution is 5.28. The molecular weight excluding hydrogens is 136 g/mol. The lowest BCUT2D eigenvalue weighted by Crippen LogP contribution is -1.84. The summed E-state index contributed by atoms with van der Waals surface area (Å²) in [5, 5.41) is 10.5. The van der Waals surface area contributed by atoms with Crippen LogP contribution in [-0.2, 0) is 11.7 Å². The van der Waals surface area contributed by atoms with Gasteiger partial charge in [-0.15, -0.1) is 0 Å². The minimum Gasteiger partial charge on any atom is -0.232 e. The summed E-state index contributed by atoms with van der Waals surface area (Å²) in [4.78, 5) is 0.